The van der Waals surface area contributed by atoms with Gasteiger partial charge in [0.1, 0.15) is 10.8 Å². The third-order valence-corrected chi connectivity index (χ3v) is 4.58. The lowest BCUT2D eigenvalue weighted by Crippen LogP contribution is -2.39. The Bertz CT molecular complexity index is 700. The summed E-state index contributed by atoms with van der Waals surface area (Å²) in [5.74, 6) is 0.175. The summed E-state index contributed by atoms with van der Waals surface area (Å²) < 4.78 is 5.65. The van der Waals surface area contributed by atoms with Crippen LogP contribution in [0, 0.1) is 6.92 Å². The molecule has 2 N–H and O–H groups in total. The fourth-order valence-electron chi connectivity index (χ4n) is 2.62. The van der Waals surface area contributed by atoms with E-state index in [2.05, 4.69) is 15.5 Å². The van der Waals surface area contributed by atoms with Gasteiger partial charge in [0, 0.05) is 18.7 Å². The first-order valence-corrected chi connectivity index (χ1v) is 8.68. The van der Waals surface area contributed by atoms with Crippen LogP contribution in [0.2, 0.25) is 0 Å². The Labute approximate surface area is 144 Å². The quantitative estimate of drug-likeness (QED) is 0.867. The number of phenolic OH excluding ortho intramolecular Hbond substituents is 1. The summed E-state index contributed by atoms with van der Waals surface area (Å²) in [5, 5.41) is 21.8. The van der Waals surface area contributed by atoms with Crippen LogP contribution in [0.25, 0.3) is 0 Å². The van der Waals surface area contributed by atoms with Crippen molar-refractivity contribution in [1.82, 2.24) is 15.1 Å². The number of nitrogens with one attached hydrogen (secondary N) is 1. The molecule has 0 saturated carbocycles. The van der Waals surface area contributed by atoms with Gasteiger partial charge >= 0.3 is 6.03 Å². The number of hydrogen-bond acceptors (Lipinski definition) is 6. The standard InChI is InChI=1S/C16H20N4O3S/c1-11-18-19-15(24-11)17-16(22)20(10-13-6-4-8-23-13)9-12-5-2-3-7-14(12)21/h2-3,5,7,13,21H,4,6,8-10H2,1H3,(H,17,19,22). The maximum absolute atomic E-state index is 12.6. The molecule has 1 unspecified atom stereocenters. The smallest absolute Gasteiger partial charge is 0.324 e. The number of hydrogen-bond donors (Lipinski definition) is 2. The molecule has 1 aromatic heterocycles. The number of benzene rings is 1. The molecule has 0 bridgehead atoms. The van der Waals surface area contributed by atoms with Crippen molar-refractivity contribution in [3.8, 4) is 5.75 Å². The Morgan fingerprint density at radius 2 is 2.29 bits per heavy atom. The monoisotopic (exact) mass is 348 g/mol. The van der Waals surface area contributed by atoms with E-state index in [1.54, 1.807) is 23.1 Å². The average Bonchev–Trinajstić information content (AvgIpc) is 3.20. The van der Waals surface area contributed by atoms with Gasteiger partial charge in [-0.15, -0.1) is 10.2 Å². The number of aromatic hydroxyl groups is 1. The zero-order valence-corrected chi connectivity index (χ0v) is 14.3. The van der Waals surface area contributed by atoms with Crippen LogP contribution < -0.4 is 5.32 Å². The van der Waals surface area contributed by atoms with Crippen molar-refractivity contribution in [2.24, 2.45) is 0 Å². The second-order valence-electron chi connectivity index (χ2n) is 5.70. The highest BCUT2D eigenvalue weighted by atomic mass is 32.1. The Kier molecular flexibility index (Phi) is 5.27. The Morgan fingerprint density at radius 3 is 2.96 bits per heavy atom. The molecule has 7 nitrogen and oxygen atoms in total. The molecule has 3 rings (SSSR count). The summed E-state index contributed by atoms with van der Waals surface area (Å²) in [6.07, 6.45) is 1.96. The number of anilines is 1. The van der Waals surface area contributed by atoms with Gasteiger partial charge in [0.15, 0.2) is 0 Å². The topological polar surface area (TPSA) is 87.6 Å². The molecule has 8 heteroatoms. The molecule has 0 radical (unpaired) electrons. The molecule has 2 aromatic rings. The van der Waals surface area contributed by atoms with Crippen molar-refractivity contribution in [1.29, 1.82) is 0 Å². The molecule has 1 fully saturated rings. The van der Waals surface area contributed by atoms with Crippen molar-refractivity contribution in [3.63, 3.8) is 0 Å². The second-order valence-corrected chi connectivity index (χ2v) is 6.88. The normalized spacial score (nSPS) is 17.0. The summed E-state index contributed by atoms with van der Waals surface area (Å²) in [5.41, 5.74) is 0.694. The number of amides is 2. The fourth-order valence-corrected chi connectivity index (χ4v) is 3.20. The molecule has 2 amide bonds. The van der Waals surface area contributed by atoms with Crippen LogP contribution in [0.1, 0.15) is 23.4 Å². The number of phenols is 1. The fraction of sp³-hybridized carbons (Fsp3) is 0.438. The van der Waals surface area contributed by atoms with Gasteiger partial charge < -0.3 is 14.7 Å². The number of aryl methyl sites for hydroxylation is 1. The van der Waals surface area contributed by atoms with Gasteiger partial charge in [0.2, 0.25) is 5.13 Å². The molecule has 1 atom stereocenters. The van der Waals surface area contributed by atoms with Crippen LogP contribution in [-0.2, 0) is 11.3 Å². The lowest BCUT2D eigenvalue weighted by Gasteiger charge is -2.25. The van der Waals surface area contributed by atoms with Gasteiger partial charge in [-0.25, -0.2) is 4.79 Å². The van der Waals surface area contributed by atoms with Crippen LogP contribution in [0.5, 0.6) is 5.75 Å². The van der Waals surface area contributed by atoms with Crippen molar-refractivity contribution < 1.29 is 14.6 Å². The summed E-state index contributed by atoms with van der Waals surface area (Å²) >= 11 is 1.32. The first-order chi connectivity index (χ1) is 11.6. The first kappa shape index (κ1) is 16.7. The lowest BCUT2D eigenvalue weighted by atomic mass is 10.1. The number of carbonyl (C=O) groups is 1. The van der Waals surface area contributed by atoms with E-state index in [1.807, 2.05) is 13.0 Å². The average molecular weight is 348 g/mol. The summed E-state index contributed by atoms with van der Waals surface area (Å²) in [6.45, 7) is 3.33. The SMILES string of the molecule is Cc1nnc(NC(=O)N(Cc2ccccc2O)CC2CCCO2)s1. The minimum atomic E-state index is -0.273. The number of ether oxygens (including phenoxy) is 1. The molecule has 1 aliphatic rings. The van der Waals surface area contributed by atoms with E-state index in [1.165, 1.54) is 11.3 Å². The second kappa shape index (κ2) is 7.59. The zero-order chi connectivity index (χ0) is 16.9. The van der Waals surface area contributed by atoms with E-state index in [4.69, 9.17) is 4.74 Å². The van der Waals surface area contributed by atoms with Crippen LogP contribution in [0.15, 0.2) is 24.3 Å². The predicted octanol–water partition coefficient (Wildman–Crippen LogP) is 2.77. The molecule has 1 aromatic carbocycles. The van der Waals surface area contributed by atoms with Crippen molar-refractivity contribution >= 4 is 22.5 Å². The largest absolute Gasteiger partial charge is 0.508 e. The van der Waals surface area contributed by atoms with Gasteiger partial charge in [-0.1, -0.05) is 29.5 Å². The van der Waals surface area contributed by atoms with E-state index < -0.39 is 0 Å². The Balaban J connectivity index is 1.72. The minimum absolute atomic E-state index is 0.0257. The molecule has 1 saturated heterocycles. The van der Waals surface area contributed by atoms with E-state index in [-0.39, 0.29) is 17.9 Å². The molecule has 2 heterocycles. The molecular formula is C16H20N4O3S. The van der Waals surface area contributed by atoms with Crippen molar-refractivity contribution in [2.75, 3.05) is 18.5 Å². The van der Waals surface area contributed by atoms with Crippen LogP contribution >= 0.6 is 11.3 Å². The van der Waals surface area contributed by atoms with Crippen molar-refractivity contribution in [3.05, 3.63) is 34.8 Å². The molecule has 128 valence electrons. The van der Waals surface area contributed by atoms with Crippen molar-refractivity contribution in [2.45, 2.75) is 32.4 Å². The highest BCUT2D eigenvalue weighted by Crippen LogP contribution is 2.21. The summed E-state index contributed by atoms with van der Waals surface area (Å²) in [7, 11) is 0. The molecule has 0 aliphatic carbocycles. The third-order valence-electron chi connectivity index (χ3n) is 3.83. The lowest BCUT2D eigenvalue weighted by molar-refractivity contribution is 0.0817. The maximum atomic E-state index is 12.6. The maximum Gasteiger partial charge on any atom is 0.324 e. The van der Waals surface area contributed by atoms with Gasteiger partial charge in [0.05, 0.1) is 12.6 Å². The van der Waals surface area contributed by atoms with E-state index in [0.29, 0.717) is 23.8 Å². The molecule has 0 spiro atoms. The minimum Gasteiger partial charge on any atom is -0.508 e. The number of nitrogens with zero attached hydrogens (tertiary/aromatic N) is 3. The van der Waals surface area contributed by atoms with Gasteiger partial charge in [-0.2, -0.15) is 0 Å². The van der Waals surface area contributed by atoms with Gasteiger partial charge in [-0.3, -0.25) is 5.32 Å². The number of carbonyl (C=O) groups excluding carboxylic acids is 1. The van der Waals surface area contributed by atoms with Gasteiger partial charge in [0.25, 0.3) is 0 Å². The van der Waals surface area contributed by atoms with E-state index >= 15 is 0 Å². The predicted molar refractivity (Wildman–Crippen MR) is 91.2 cm³/mol. The van der Waals surface area contributed by atoms with Crippen LogP contribution in [0.3, 0.4) is 0 Å². The molecular weight excluding hydrogens is 328 g/mol. The Morgan fingerprint density at radius 1 is 1.46 bits per heavy atom. The van der Waals surface area contributed by atoms with Crippen LogP contribution in [-0.4, -0.2) is 45.5 Å². The van der Waals surface area contributed by atoms with E-state index in [0.717, 1.165) is 24.5 Å². The number of aromatic nitrogens is 2. The summed E-state index contributed by atoms with van der Waals surface area (Å²) in [6, 6.07) is 6.75. The number of para-hydroxylation sites is 1. The first-order valence-electron chi connectivity index (χ1n) is 7.86. The summed E-state index contributed by atoms with van der Waals surface area (Å²) in [4.78, 5) is 14.3. The van der Waals surface area contributed by atoms with E-state index in [9.17, 15) is 9.90 Å². The third kappa shape index (κ3) is 4.21. The number of rotatable bonds is 5. The number of urea groups is 1. The van der Waals surface area contributed by atoms with Gasteiger partial charge in [-0.05, 0) is 25.8 Å². The zero-order valence-electron chi connectivity index (χ0n) is 13.4. The highest BCUT2D eigenvalue weighted by Gasteiger charge is 2.24. The van der Waals surface area contributed by atoms with Crippen LogP contribution in [0.4, 0.5) is 9.93 Å². The molecule has 24 heavy (non-hydrogen) atoms. The highest BCUT2D eigenvalue weighted by molar-refractivity contribution is 7.15. The Hall–Kier alpha value is -2.19. The molecule has 1 aliphatic heterocycles.